The quantitative estimate of drug-likeness (QED) is 0.207. The lowest BCUT2D eigenvalue weighted by Gasteiger charge is -2.09. The predicted molar refractivity (Wildman–Crippen MR) is 143 cm³/mol. The van der Waals surface area contributed by atoms with Gasteiger partial charge in [-0.2, -0.15) is 0 Å². The number of esters is 1. The van der Waals surface area contributed by atoms with Crippen LogP contribution in [0, 0.1) is 0 Å². The molecule has 174 valence electrons. The fraction of sp³-hybridized carbons (Fsp3) is 0. The summed E-state index contributed by atoms with van der Waals surface area (Å²) in [6.07, 6.45) is 0. The summed E-state index contributed by atoms with van der Waals surface area (Å²) in [5.74, 6) is -0.250. The summed E-state index contributed by atoms with van der Waals surface area (Å²) in [5.41, 5.74) is 5.90. The predicted octanol–water partition coefficient (Wildman–Crippen LogP) is 7.49. The maximum atomic E-state index is 12.6. The second kappa shape index (κ2) is 10.5. The molecule has 4 nitrogen and oxygen atoms in total. The Hall–Kier alpha value is -4.96. The van der Waals surface area contributed by atoms with Crippen LogP contribution in [-0.2, 0) is 0 Å². The van der Waals surface area contributed by atoms with Crippen molar-refractivity contribution in [3.8, 4) is 28.0 Å². The molecule has 4 heteroatoms. The summed E-state index contributed by atoms with van der Waals surface area (Å²) < 4.78 is 5.49. The Morgan fingerprint density at radius 1 is 0.472 bits per heavy atom. The standard InChI is InChI=1S/C32H23NO3/c34-31(27-15-11-25(12-16-27)23-7-3-1-4-8-23)33-29-19-21-30(22-20-29)36-32(35)28-17-13-26(14-18-28)24-9-5-2-6-10-24/h1-22H,(H,33,34). The average Bonchev–Trinajstić information content (AvgIpc) is 2.95. The highest BCUT2D eigenvalue weighted by Gasteiger charge is 2.10. The van der Waals surface area contributed by atoms with E-state index >= 15 is 0 Å². The fourth-order valence-electron chi connectivity index (χ4n) is 3.85. The first-order valence-electron chi connectivity index (χ1n) is 11.6. The van der Waals surface area contributed by atoms with Crippen molar-refractivity contribution in [3.63, 3.8) is 0 Å². The van der Waals surface area contributed by atoms with Crippen molar-refractivity contribution in [1.29, 1.82) is 0 Å². The van der Waals surface area contributed by atoms with Crippen LogP contribution in [-0.4, -0.2) is 11.9 Å². The van der Waals surface area contributed by atoms with Crippen LogP contribution in [0.4, 0.5) is 5.69 Å². The van der Waals surface area contributed by atoms with Gasteiger partial charge in [-0.15, -0.1) is 0 Å². The zero-order valence-corrected chi connectivity index (χ0v) is 19.4. The molecule has 0 saturated heterocycles. The van der Waals surface area contributed by atoms with Crippen molar-refractivity contribution < 1.29 is 14.3 Å². The number of hydrogen-bond donors (Lipinski definition) is 1. The molecular formula is C32H23NO3. The molecule has 0 atom stereocenters. The topological polar surface area (TPSA) is 55.4 Å². The van der Waals surface area contributed by atoms with Crippen molar-refractivity contribution in [2.75, 3.05) is 5.32 Å². The molecule has 0 radical (unpaired) electrons. The van der Waals surface area contributed by atoms with Gasteiger partial charge in [0.25, 0.3) is 5.91 Å². The van der Waals surface area contributed by atoms with Crippen LogP contribution >= 0.6 is 0 Å². The van der Waals surface area contributed by atoms with Crippen LogP contribution in [0.1, 0.15) is 20.7 Å². The van der Waals surface area contributed by atoms with Gasteiger partial charge in [0.05, 0.1) is 5.56 Å². The molecule has 5 aromatic rings. The number of ether oxygens (including phenoxy) is 1. The van der Waals surface area contributed by atoms with E-state index in [1.54, 1.807) is 48.5 Å². The second-order valence-electron chi connectivity index (χ2n) is 8.25. The van der Waals surface area contributed by atoms with Crippen LogP contribution in [0.3, 0.4) is 0 Å². The molecule has 1 N–H and O–H groups in total. The molecule has 5 aromatic carbocycles. The summed E-state index contributed by atoms with van der Waals surface area (Å²) in [4.78, 5) is 25.2. The number of amides is 1. The molecule has 0 bridgehead atoms. The molecule has 0 spiro atoms. The van der Waals surface area contributed by atoms with Gasteiger partial charge >= 0.3 is 5.97 Å². The summed E-state index contributed by atoms with van der Waals surface area (Å²) in [6.45, 7) is 0. The number of benzene rings is 5. The normalized spacial score (nSPS) is 10.4. The molecule has 0 aliphatic rings. The Bertz CT molecular complexity index is 1340. The number of nitrogens with one attached hydrogen (secondary N) is 1. The largest absolute Gasteiger partial charge is 0.423 e. The van der Waals surface area contributed by atoms with Crippen molar-refractivity contribution in [2.45, 2.75) is 0 Å². The van der Waals surface area contributed by atoms with Gasteiger partial charge in [-0.25, -0.2) is 4.79 Å². The minimum atomic E-state index is -0.440. The molecule has 0 fully saturated rings. The highest BCUT2D eigenvalue weighted by Crippen LogP contribution is 2.22. The number of rotatable bonds is 6. The van der Waals surface area contributed by atoms with E-state index in [0.717, 1.165) is 22.3 Å². The monoisotopic (exact) mass is 469 g/mol. The third kappa shape index (κ3) is 5.40. The Morgan fingerprint density at radius 2 is 0.917 bits per heavy atom. The van der Waals surface area contributed by atoms with Crippen LogP contribution in [0.5, 0.6) is 5.75 Å². The maximum Gasteiger partial charge on any atom is 0.343 e. The van der Waals surface area contributed by atoms with Crippen LogP contribution in [0.15, 0.2) is 133 Å². The van der Waals surface area contributed by atoms with Crippen molar-refractivity contribution in [2.24, 2.45) is 0 Å². The van der Waals surface area contributed by atoms with Crippen LogP contribution in [0.2, 0.25) is 0 Å². The smallest absolute Gasteiger partial charge is 0.343 e. The Morgan fingerprint density at radius 3 is 1.42 bits per heavy atom. The Labute approximate surface area is 209 Å². The molecule has 0 saturated carbocycles. The summed E-state index contributed by atoms with van der Waals surface area (Å²) >= 11 is 0. The lowest BCUT2D eigenvalue weighted by atomic mass is 10.0. The molecular weight excluding hydrogens is 446 g/mol. The first-order chi connectivity index (χ1) is 17.7. The molecule has 0 unspecified atom stereocenters. The van der Waals surface area contributed by atoms with E-state index in [1.165, 1.54) is 0 Å². The van der Waals surface area contributed by atoms with Crippen LogP contribution in [0.25, 0.3) is 22.3 Å². The third-order valence-corrected chi connectivity index (χ3v) is 5.80. The first kappa shape index (κ1) is 22.8. The minimum Gasteiger partial charge on any atom is -0.423 e. The van der Waals surface area contributed by atoms with Gasteiger partial charge in [0.2, 0.25) is 0 Å². The summed E-state index contributed by atoms with van der Waals surface area (Å²) in [5, 5.41) is 2.87. The van der Waals surface area contributed by atoms with Gasteiger partial charge in [0.15, 0.2) is 0 Å². The van der Waals surface area contributed by atoms with Crippen molar-refractivity contribution in [1.82, 2.24) is 0 Å². The van der Waals surface area contributed by atoms with Gasteiger partial charge < -0.3 is 10.1 Å². The number of anilines is 1. The minimum absolute atomic E-state index is 0.210. The molecule has 0 aliphatic carbocycles. The fourth-order valence-corrected chi connectivity index (χ4v) is 3.85. The van der Waals surface area contributed by atoms with Crippen molar-refractivity contribution >= 4 is 17.6 Å². The lowest BCUT2D eigenvalue weighted by Crippen LogP contribution is -2.12. The maximum absolute atomic E-state index is 12.6. The van der Waals surface area contributed by atoms with E-state index in [9.17, 15) is 9.59 Å². The summed E-state index contributed by atoms with van der Waals surface area (Å²) in [7, 11) is 0. The van der Waals surface area contributed by atoms with Gasteiger partial charge in [-0.3, -0.25) is 4.79 Å². The molecule has 0 heterocycles. The highest BCUT2D eigenvalue weighted by molar-refractivity contribution is 6.04. The van der Waals surface area contributed by atoms with E-state index in [4.69, 9.17) is 4.74 Å². The second-order valence-corrected chi connectivity index (χ2v) is 8.25. The molecule has 5 rings (SSSR count). The number of hydrogen-bond acceptors (Lipinski definition) is 3. The van der Waals surface area contributed by atoms with Gasteiger partial charge in [-0.1, -0.05) is 84.9 Å². The van der Waals surface area contributed by atoms with Gasteiger partial charge in [-0.05, 0) is 70.8 Å². The van der Waals surface area contributed by atoms with E-state index in [1.807, 2.05) is 84.9 Å². The van der Waals surface area contributed by atoms with Crippen LogP contribution < -0.4 is 10.1 Å². The van der Waals surface area contributed by atoms with E-state index in [-0.39, 0.29) is 5.91 Å². The van der Waals surface area contributed by atoms with Gasteiger partial charge in [0.1, 0.15) is 5.75 Å². The third-order valence-electron chi connectivity index (χ3n) is 5.80. The van der Waals surface area contributed by atoms with Crippen molar-refractivity contribution in [3.05, 3.63) is 145 Å². The molecule has 0 aromatic heterocycles. The average molecular weight is 470 g/mol. The highest BCUT2D eigenvalue weighted by atomic mass is 16.5. The number of carbonyl (C=O) groups excluding carboxylic acids is 2. The molecule has 0 aliphatic heterocycles. The lowest BCUT2D eigenvalue weighted by molar-refractivity contribution is 0.0734. The zero-order valence-electron chi connectivity index (χ0n) is 19.4. The first-order valence-corrected chi connectivity index (χ1v) is 11.6. The van der Waals surface area contributed by atoms with Gasteiger partial charge in [0, 0.05) is 11.3 Å². The number of carbonyl (C=O) groups is 2. The molecule has 1 amide bonds. The summed E-state index contributed by atoms with van der Waals surface area (Å²) in [6, 6.07) is 41.5. The van der Waals surface area contributed by atoms with E-state index in [2.05, 4.69) is 5.32 Å². The Balaban J connectivity index is 1.19. The zero-order chi connectivity index (χ0) is 24.7. The van der Waals surface area contributed by atoms with E-state index in [0.29, 0.717) is 22.6 Å². The SMILES string of the molecule is O=C(Nc1ccc(OC(=O)c2ccc(-c3ccccc3)cc2)cc1)c1ccc(-c2ccccc2)cc1. The Kier molecular flexibility index (Phi) is 6.68. The molecule has 36 heavy (non-hydrogen) atoms. The van der Waals surface area contributed by atoms with E-state index < -0.39 is 5.97 Å².